The molecule has 5 heteroatoms. The third kappa shape index (κ3) is 3.55. The summed E-state index contributed by atoms with van der Waals surface area (Å²) in [7, 11) is 0. The van der Waals surface area contributed by atoms with Crippen LogP contribution in [0.1, 0.15) is 17.4 Å². The van der Waals surface area contributed by atoms with Gasteiger partial charge in [-0.25, -0.2) is 9.78 Å². The van der Waals surface area contributed by atoms with Crippen LogP contribution >= 0.6 is 0 Å². The molecule has 1 N–H and O–H groups in total. The van der Waals surface area contributed by atoms with Crippen LogP contribution in [0.3, 0.4) is 0 Å². The minimum atomic E-state index is -0.959. The van der Waals surface area contributed by atoms with Gasteiger partial charge in [0.05, 0.1) is 5.52 Å². The number of esters is 1. The Labute approximate surface area is 162 Å². The van der Waals surface area contributed by atoms with Gasteiger partial charge in [0.1, 0.15) is 5.69 Å². The van der Waals surface area contributed by atoms with E-state index in [1.807, 2.05) is 66.7 Å². The number of amides is 1. The Kier molecular flexibility index (Phi) is 4.72. The molecule has 1 aromatic heterocycles. The van der Waals surface area contributed by atoms with Crippen molar-refractivity contribution in [1.82, 2.24) is 4.98 Å². The first-order valence-corrected chi connectivity index (χ1v) is 8.97. The van der Waals surface area contributed by atoms with Gasteiger partial charge in [-0.15, -0.1) is 0 Å². The first-order chi connectivity index (χ1) is 13.6. The minimum absolute atomic E-state index is 0.170. The molecule has 0 aliphatic rings. The van der Waals surface area contributed by atoms with Gasteiger partial charge in [-0.2, -0.15) is 0 Å². The topological polar surface area (TPSA) is 68.3 Å². The highest BCUT2D eigenvalue weighted by atomic mass is 16.5. The Morgan fingerprint density at radius 3 is 2.43 bits per heavy atom. The van der Waals surface area contributed by atoms with Gasteiger partial charge in [0.15, 0.2) is 6.10 Å². The molecule has 0 bridgehead atoms. The van der Waals surface area contributed by atoms with E-state index in [2.05, 4.69) is 10.3 Å². The highest BCUT2D eigenvalue weighted by molar-refractivity contribution is 6.04. The van der Waals surface area contributed by atoms with Gasteiger partial charge < -0.3 is 10.1 Å². The van der Waals surface area contributed by atoms with Crippen molar-refractivity contribution in [2.75, 3.05) is 5.32 Å². The number of hydrogen-bond acceptors (Lipinski definition) is 4. The number of benzene rings is 3. The summed E-state index contributed by atoms with van der Waals surface area (Å²) in [5.74, 6) is -1.03. The van der Waals surface area contributed by atoms with E-state index in [0.29, 0.717) is 11.2 Å². The van der Waals surface area contributed by atoms with E-state index >= 15 is 0 Å². The van der Waals surface area contributed by atoms with Crippen molar-refractivity contribution in [1.29, 1.82) is 0 Å². The second-order valence-electron chi connectivity index (χ2n) is 6.45. The Morgan fingerprint density at radius 2 is 1.57 bits per heavy atom. The molecule has 1 atom stereocenters. The number of para-hydroxylation sites is 1. The number of hydrogen-bond donors (Lipinski definition) is 1. The monoisotopic (exact) mass is 370 g/mol. The molecule has 138 valence electrons. The van der Waals surface area contributed by atoms with Crippen LogP contribution in [0, 0.1) is 0 Å². The van der Waals surface area contributed by atoms with E-state index in [0.717, 1.165) is 16.2 Å². The Balaban J connectivity index is 1.48. The predicted molar refractivity (Wildman–Crippen MR) is 109 cm³/mol. The summed E-state index contributed by atoms with van der Waals surface area (Å²) in [6, 6.07) is 24.3. The lowest BCUT2D eigenvalue weighted by molar-refractivity contribution is -0.123. The van der Waals surface area contributed by atoms with Gasteiger partial charge in [0, 0.05) is 16.5 Å². The molecule has 1 amide bonds. The van der Waals surface area contributed by atoms with Crippen molar-refractivity contribution in [2.24, 2.45) is 0 Å². The number of nitrogens with zero attached hydrogens (tertiary/aromatic N) is 1. The Hall–Kier alpha value is -3.73. The van der Waals surface area contributed by atoms with Crippen molar-refractivity contribution < 1.29 is 14.3 Å². The summed E-state index contributed by atoms with van der Waals surface area (Å²) >= 11 is 0. The minimum Gasteiger partial charge on any atom is -0.448 e. The van der Waals surface area contributed by atoms with Crippen LogP contribution < -0.4 is 5.32 Å². The number of nitrogens with one attached hydrogen (secondary N) is 1. The Bertz CT molecular complexity index is 1180. The van der Waals surface area contributed by atoms with Crippen LogP contribution in [0.25, 0.3) is 21.7 Å². The van der Waals surface area contributed by atoms with Gasteiger partial charge in [-0.3, -0.25) is 4.79 Å². The first kappa shape index (κ1) is 17.7. The SMILES string of the molecule is C[C@@H](OC(=O)c1ccc2ccccc2n1)C(=O)Nc1cccc2ccccc12. The number of pyridine rings is 1. The second-order valence-corrected chi connectivity index (χ2v) is 6.45. The lowest BCUT2D eigenvalue weighted by Gasteiger charge is -2.14. The van der Waals surface area contributed by atoms with Crippen molar-refractivity contribution >= 4 is 39.2 Å². The standard InChI is InChI=1S/C23H18N2O3/c1-15(22(26)25-20-12-6-9-16-7-2-4-10-18(16)20)28-23(27)21-14-13-17-8-3-5-11-19(17)24-21/h2-15H,1H3,(H,25,26)/t15-/m1/s1. The summed E-state index contributed by atoms with van der Waals surface area (Å²) in [4.78, 5) is 29.2. The average molecular weight is 370 g/mol. The van der Waals surface area contributed by atoms with Gasteiger partial charge >= 0.3 is 5.97 Å². The highest BCUT2D eigenvalue weighted by Crippen LogP contribution is 2.23. The summed E-state index contributed by atoms with van der Waals surface area (Å²) in [5, 5.41) is 5.71. The molecule has 0 fully saturated rings. The molecule has 0 saturated carbocycles. The number of ether oxygens (including phenoxy) is 1. The Morgan fingerprint density at radius 1 is 0.857 bits per heavy atom. The van der Waals surface area contributed by atoms with Crippen molar-refractivity contribution in [3.8, 4) is 0 Å². The van der Waals surface area contributed by atoms with Crippen LogP contribution in [-0.2, 0) is 9.53 Å². The van der Waals surface area contributed by atoms with Crippen molar-refractivity contribution in [3.05, 3.63) is 84.6 Å². The number of anilines is 1. The van der Waals surface area contributed by atoms with Crippen LogP contribution in [0.5, 0.6) is 0 Å². The largest absolute Gasteiger partial charge is 0.448 e. The van der Waals surface area contributed by atoms with Crippen LogP contribution in [0.15, 0.2) is 78.9 Å². The van der Waals surface area contributed by atoms with Gasteiger partial charge in [-0.05, 0) is 30.5 Å². The number of carbonyl (C=O) groups excluding carboxylic acids is 2. The molecule has 4 rings (SSSR count). The molecule has 0 unspecified atom stereocenters. The lowest BCUT2D eigenvalue weighted by Crippen LogP contribution is -2.30. The van der Waals surface area contributed by atoms with Gasteiger partial charge in [-0.1, -0.05) is 60.7 Å². The van der Waals surface area contributed by atoms with E-state index in [4.69, 9.17) is 4.74 Å². The molecule has 0 radical (unpaired) electrons. The molecular weight excluding hydrogens is 352 g/mol. The van der Waals surface area contributed by atoms with Crippen LogP contribution in [0.2, 0.25) is 0 Å². The summed E-state index contributed by atoms with van der Waals surface area (Å²) in [6.45, 7) is 1.54. The summed E-state index contributed by atoms with van der Waals surface area (Å²) < 4.78 is 5.32. The summed E-state index contributed by atoms with van der Waals surface area (Å²) in [5.41, 5.74) is 1.54. The van der Waals surface area contributed by atoms with E-state index < -0.39 is 18.0 Å². The number of rotatable bonds is 4. The number of fused-ring (bicyclic) bond motifs is 2. The zero-order chi connectivity index (χ0) is 19.5. The molecule has 0 saturated heterocycles. The highest BCUT2D eigenvalue weighted by Gasteiger charge is 2.20. The van der Waals surface area contributed by atoms with Gasteiger partial charge in [0.25, 0.3) is 5.91 Å². The predicted octanol–water partition coefficient (Wildman–Crippen LogP) is 4.57. The second kappa shape index (κ2) is 7.48. The zero-order valence-electron chi connectivity index (χ0n) is 15.3. The molecule has 4 aromatic rings. The third-order valence-electron chi connectivity index (χ3n) is 4.51. The number of aromatic nitrogens is 1. The van der Waals surface area contributed by atoms with Crippen LogP contribution in [-0.4, -0.2) is 23.0 Å². The summed E-state index contributed by atoms with van der Waals surface area (Å²) in [6.07, 6.45) is -0.959. The maximum atomic E-state index is 12.5. The fourth-order valence-electron chi connectivity index (χ4n) is 3.02. The van der Waals surface area contributed by atoms with Crippen molar-refractivity contribution in [3.63, 3.8) is 0 Å². The molecule has 0 aliphatic heterocycles. The first-order valence-electron chi connectivity index (χ1n) is 8.97. The fraction of sp³-hybridized carbons (Fsp3) is 0.0870. The number of carbonyl (C=O) groups is 2. The molecule has 1 heterocycles. The van der Waals surface area contributed by atoms with E-state index in [-0.39, 0.29) is 5.69 Å². The maximum Gasteiger partial charge on any atom is 0.357 e. The molecule has 5 nitrogen and oxygen atoms in total. The maximum absolute atomic E-state index is 12.5. The zero-order valence-corrected chi connectivity index (χ0v) is 15.3. The van der Waals surface area contributed by atoms with Crippen molar-refractivity contribution in [2.45, 2.75) is 13.0 Å². The third-order valence-corrected chi connectivity index (χ3v) is 4.51. The fourth-order valence-corrected chi connectivity index (χ4v) is 3.02. The molecule has 0 aliphatic carbocycles. The quantitative estimate of drug-likeness (QED) is 0.534. The smallest absolute Gasteiger partial charge is 0.357 e. The van der Waals surface area contributed by atoms with E-state index in [1.54, 1.807) is 19.1 Å². The molecule has 28 heavy (non-hydrogen) atoms. The van der Waals surface area contributed by atoms with E-state index in [1.165, 1.54) is 0 Å². The lowest BCUT2D eigenvalue weighted by atomic mass is 10.1. The molecule has 3 aromatic carbocycles. The molecule has 0 spiro atoms. The van der Waals surface area contributed by atoms with E-state index in [9.17, 15) is 9.59 Å². The van der Waals surface area contributed by atoms with Crippen LogP contribution in [0.4, 0.5) is 5.69 Å². The normalized spacial score (nSPS) is 11.9. The van der Waals surface area contributed by atoms with Gasteiger partial charge in [0.2, 0.25) is 0 Å². The average Bonchev–Trinajstić information content (AvgIpc) is 2.73. The molecular formula is C23H18N2O3.